The second kappa shape index (κ2) is 8.10. The molecule has 1 aliphatic carbocycles. The predicted molar refractivity (Wildman–Crippen MR) is 99.6 cm³/mol. The van der Waals surface area contributed by atoms with E-state index >= 15 is 0 Å². The predicted octanol–water partition coefficient (Wildman–Crippen LogP) is 3.77. The van der Waals surface area contributed by atoms with Crippen LogP contribution in [0.15, 0.2) is 30.3 Å². The molecular formula is C20H26N4O. The lowest BCUT2D eigenvalue weighted by Crippen LogP contribution is -2.27. The lowest BCUT2D eigenvalue weighted by Gasteiger charge is -2.23. The van der Waals surface area contributed by atoms with E-state index in [9.17, 15) is 4.79 Å². The zero-order valence-corrected chi connectivity index (χ0v) is 15.0. The van der Waals surface area contributed by atoms with Crippen LogP contribution in [0.1, 0.15) is 59.4 Å². The zero-order chi connectivity index (χ0) is 17.6. The third-order valence-electron chi connectivity index (χ3n) is 4.60. The van der Waals surface area contributed by atoms with Gasteiger partial charge < -0.3 is 10.6 Å². The molecule has 0 spiro atoms. The number of nitrogens with zero attached hydrogens (tertiary/aromatic N) is 2. The number of aryl methyl sites for hydroxylation is 2. The molecule has 0 bridgehead atoms. The van der Waals surface area contributed by atoms with Crippen LogP contribution in [0.25, 0.3) is 0 Å². The van der Waals surface area contributed by atoms with Crippen LogP contribution < -0.4 is 10.6 Å². The lowest BCUT2D eigenvalue weighted by atomic mass is 9.96. The summed E-state index contributed by atoms with van der Waals surface area (Å²) in [5, 5.41) is 6.33. The molecule has 2 aromatic rings. The third kappa shape index (κ3) is 5.02. The van der Waals surface area contributed by atoms with Gasteiger partial charge in [0.15, 0.2) is 0 Å². The van der Waals surface area contributed by atoms with E-state index in [2.05, 4.69) is 20.6 Å². The molecule has 3 rings (SSSR count). The number of aromatic nitrogens is 2. The van der Waals surface area contributed by atoms with Crippen molar-refractivity contribution >= 4 is 11.9 Å². The summed E-state index contributed by atoms with van der Waals surface area (Å²) < 4.78 is 0. The van der Waals surface area contributed by atoms with Crippen LogP contribution in [0.3, 0.4) is 0 Å². The summed E-state index contributed by atoms with van der Waals surface area (Å²) in [6.07, 6.45) is 6.08. The summed E-state index contributed by atoms with van der Waals surface area (Å²) in [4.78, 5) is 21.3. The van der Waals surface area contributed by atoms with Gasteiger partial charge in [-0.3, -0.25) is 4.79 Å². The molecule has 5 nitrogen and oxygen atoms in total. The van der Waals surface area contributed by atoms with E-state index in [0.717, 1.165) is 24.1 Å². The van der Waals surface area contributed by atoms with Crippen molar-refractivity contribution in [3.05, 3.63) is 52.8 Å². The molecular weight excluding hydrogens is 312 g/mol. The maximum atomic E-state index is 12.5. The Kier molecular flexibility index (Phi) is 5.64. The van der Waals surface area contributed by atoms with Crippen molar-refractivity contribution in [1.29, 1.82) is 0 Å². The van der Waals surface area contributed by atoms with Crippen molar-refractivity contribution in [3.63, 3.8) is 0 Å². The molecule has 1 fully saturated rings. The molecule has 1 aromatic heterocycles. The third-order valence-corrected chi connectivity index (χ3v) is 4.60. The maximum Gasteiger partial charge on any atom is 0.270 e. The largest absolute Gasteiger partial charge is 0.351 e. The van der Waals surface area contributed by atoms with Crippen LogP contribution in [0.4, 0.5) is 5.95 Å². The second-order valence-corrected chi connectivity index (χ2v) is 6.87. The molecule has 0 saturated heterocycles. The summed E-state index contributed by atoms with van der Waals surface area (Å²) >= 11 is 0. The number of hydrogen-bond acceptors (Lipinski definition) is 4. The minimum atomic E-state index is -0.169. The molecule has 1 aromatic carbocycles. The van der Waals surface area contributed by atoms with Gasteiger partial charge in [-0.1, -0.05) is 49.1 Å². The Morgan fingerprint density at radius 3 is 2.52 bits per heavy atom. The van der Waals surface area contributed by atoms with Crippen LogP contribution in [0.2, 0.25) is 0 Å². The fourth-order valence-electron chi connectivity index (χ4n) is 3.16. The molecule has 1 amide bonds. The Bertz CT molecular complexity index is 721. The Morgan fingerprint density at radius 1 is 1.08 bits per heavy atom. The molecule has 0 radical (unpaired) electrons. The summed E-state index contributed by atoms with van der Waals surface area (Å²) in [5.41, 5.74) is 3.50. The van der Waals surface area contributed by atoms with Crippen LogP contribution in [-0.2, 0) is 6.54 Å². The van der Waals surface area contributed by atoms with Gasteiger partial charge in [-0.2, -0.15) is 0 Å². The number of benzene rings is 1. The van der Waals surface area contributed by atoms with E-state index in [1.165, 1.54) is 24.8 Å². The van der Waals surface area contributed by atoms with Gasteiger partial charge in [0.1, 0.15) is 5.69 Å². The Balaban J connectivity index is 1.64. The molecule has 0 atom stereocenters. The quantitative estimate of drug-likeness (QED) is 0.871. The average Bonchev–Trinajstić information content (AvgIpc) is 2.61. The van der Waals surface area contributed by atoms with Crippen molar-refractivity contribution in [2.75, 3.05) is 5.32 Å². The van der Waals surface area contributed by atoms with E-state index in [1.54, 1.807) is 6.07 Å². The van der Waals surface area contributed by atoms with Crippen LogP contribution >= 0.6 is 0 Å². The highest BCUT2D eigenvalue weighted by atomic mass is 16.1. The Labute approximate surface area is 149 Å². The smallest absolute Gasteiger partial charge is 0.270 e. The lowest BCUT2D eigenvalue weighted by molar-refractivity contribution is 0.0945. The van der Waals surface area contributed by atoms with E-state index in [1.807, 2.05) is 38.1 Å². The minimum absolute atomic E-state index is 0.169. The van der Waals surface area contributed by atoms with Crippen LogP contribution in [0.5, 0.6) is 0 Å². The number of hydrogen-bond donors (Lipinski definition) is 2. The summed E-state index contributed by atoms with van der Waals surface area (Å²) in [7, 11) is 0. The Hall–Kier alpha value is -2.43. The standard InChI is InChI=1S/C20H26N4O/c1-14-8-10-16(11-9-14)13-21-19(25)18-12-15(2)22-20(24-18)23-17-6-4-3-5-7-17/h8-12,17H,3-7,13H2,1-2H3,(H,21,25)(H,22,23,24). The number of rotatable bonds is 5. The van der Waals surface area contributed by atoms with Gasteiger partial charge in [-0.25, -0.2) is 9.97 Å². The van der Waals surface area contributed by atoms with Crippen LogP contribution in [0, 0.1) is 13.8 Å². The van der Waals surface area contributed by atoms with Gasteiger partial charge in [0, 0.05) is 18.3 Å². The maximum absolute atomic E-state index is 12.5. The SMILES string of the molecule is Cc1ccc(CNC(=O)c2cc(C)nc(NC3CCCCC3)n2)cc1. The van der Waals surface area contributed by atoms with Crippen molar-refractivity contribution in [3.8, 4) is 0 Å². The number of amides is 1. The fraction of sp³-hybridized carbons (Fsp3) is 0.450. The van der Waals surface area contributed by atoms with Crippen molar-refractivity contribution in [2.24, 2.45) is 0 Å². The molecule has 0 unspecified atom stereocenters. The molecule has 1 saturated carbocycles. The first-order valence-corrected chi connectivity index (χ1v) is 9.06. The molecule has 2 N–H and O–H groups in total. The van der Waals surface area contributed by atoms with Crippen molar-refractivity contribution in [1.82, 2.24) is 15.3 Å². The summed E-state index contributed by atoms with van der Waals surface area (Å²) in [5.74, 6) is 0.394. The van der Waals surface area contributed by atoms with Gasteiger partial charge in [0.25, 0.3) is 5.91 Å². The highest BCUT2D eigenvalue weighted by Gasteiger charge is 2.16. The average molecular weight is 338 g/mol. The number of anilines is 1. The molecule has 25 heavy (non-hydrogen) atoms. The normalized spacial score (nSPS) is 15.0. The number of carbonyl (C=O) groups is 1. The van der Waals surface area contributed by atoms with Gasteiger partial charge >= 0.3 is 0 Å². The van der Waals surface area contributed by atoms with E-state index in [4.69, 9.17) is 0 Å². The summed E-state index contributed by atoms with van der Waals surface area (Å²) in [6.45, 7) is 4.44. The Morgan fingerprint density at radius 2 is 1.80 bits per heavy atom. The highest BCUT2D eigenvalue weighted by molar-refractivity contribution is 5.92. The van der Waals surface area contributed by atoms with Crippen molar-refractivity contribution < 1.29 is 4.79 Å². The van der Waals surface area contributed by atoms with Crippen LogP contribution in [-0.4, -0.2) is 21.9 Å². The minimum Gasteiger partial charge on any atom is -0.351 e. The first kappa shape index (κ1) is 17.4. The topological polar surface area (TPSA) is 66.9 Å². The van der Waals surface area contributed by atoms with Gasteiger partial charge in [0.05, 0.1) is 0 Å². The monoisotopic (exact) mass is 338 g/mol. The van der Waals surface area contributed by atoms with Gasteiger partial charge in [0.2, 0.25) is 5.95 Å². The molecule has 132 valence electrons. The highest BCUT2D eigenvalue weighted by Crippen LogP contribution is 2.20. The molecule has 1 aliphatic rings. The van der Waals surface area contributed by atoms with E-state index < -0.39 is 0 Å². The van der Waals surface area contributed by atoms with Gasteiger partial charge in [-0.15, -0.1) is 0 Å². The van der Waals surface area contributed by atoms with Crippen molar-refractivity contribution in [2.45, 2.75) is 58.5 Å². The first-order chi connectivity index (χ1) is 12.1. The van der Waals surface area contributed by atoms with E-state index in [0.29, 0.717) is 24.2 Å². The summed E-state index contributed by atoms with van der Waals surface area (Å²) in [6, 6.07) is 10.3. The molecule has 1 heterocycles. The van der Waals surface area contributed by atoms with E-state index in [-0.39, 0.29) is 5.91 Å². The number of nitrogens with one attached hydrogen (secondary N) is 2. The molecule has 0 aliphatic heterocycles. The second-order valence-electron chi connectivity index (χ2n) is 6.87. The van der Waals surface area contributed by atoms with Gasteiger partial charge in [-0.05, 0) is 38.3 Å². The fourth-order valence-corrected chi connectivity index (χ4v) is 3.16. The first-order valence-electron chi connectivity index (χ1n) is 9.06. The zero-order valence-electron chi connectivity index (χ0n) is 15.0. The number of carbonyl (C=O) groups excluding carboxylic acids is 1. The molecule has 5 heteroatoms.